The van der Waals surface area contributed by atoms with Gasteiger partial charge in [0.2, 0.25) is 5.91 Å². The van der Waals surface area contributed by atoms with E-state index >= 15 is 0 Å². The Hall–Kier alpha value is -1.92. The molecule has 2 aromatic rings. The Morgan fingerprint density at radius 3 is 2.68 bits per heavy atom. The molecular formula is C15H20ClFN4O. The molecule has 5 nitrogen and oxygen atoms in total. The van der Waals surface area contributed by atoms with E-state index in [1.54, 1.807) is 23.7 Å². The predicted molar refractivity (Wildman–Crippen MR) is 85.8 cm³/mol. The predicted octanol–water partition coefficient (Wildman–Crippen LogP) is 1.83. The van der Waals surface area contributed by atoms with E-state index in [1.807, 2.05) is 12.3 Å². The van der Waals surface area contributed by atoms with E-state index < -0.39 is 0 Å². The van der Waals surface area contributed by atoms with Crippen molar-refractivity contribution in [1.29, 1.82) is 0 Å². The van der Waals surface area contributed by atoms with E-state index in [9.17, 15) is 9.18 Å². The van der Waals surface area contributed by atoms with Crippen molar-refractivity contribution in [2.75, 3.05) is 6.54 Å². The first-order valence-corrected chi connectivity index (χ1v) is 6.87. The summed E-state index contributed by atoms with van der Waals surface area (Å²) in [4.78, 5) is 11.5. The molecule has 3 N–H and O–H groups in total. The van der Waals surface area contributed by atoms with Gasteiger partial charge in [0.1, 0.15) is 5.82 Å². The van der Waals surface area contributed by atoms with Gasteiger partial charge in [0.05, 0.1) is 11.4 Å². The number of hydrogen-bond donors (Lipinski definition) is 2. The van der Waals surface area contributed by atoms with Crippen LogP contribution in [-0.4, -0.2) is 28.3 Å². The van der Waals surface area contributed by atoms with Crippen LogP contribution in [-0.2, 0) is 11.2 Å². The Balaban J connectivity index is 0.00000242. The van der Waals surface area contributed by atoms with Gasteiger partial charge in [0, 0.05) is 31.6 Å². The number of rotatable bonds is 6. The Bertz CT molecular complexity index is 598. The molecule has 120 valence electrons. The molecule has 7 heteroatoms. The first-order valence-electron chi connectivity index (χ1n) is 6.87. The summed E-state index contributed by atoms with van der Waals surface area (Å²) in [6, 6.07) is 7.85. The summed E-state index contributed by atoms with van der Waals surface area (Å²) in [6.07, 6.45) is 2.77. The maximum absolute atomic E-state index is 12.9. The summed E-state index contributed by atoms with van der Waals surface area (Å²) in [5, 5.41) is 7.19. The van der Waals surface area contributed by atoms with Crippen LogP contribution in [0.5, 0.6) is 0 Å². The normalized spacial score (nSPS) is 11.6. The molecule has 1 heterocycles. The number of carbonyl (C=O) groups is 1. The van der Waals surface area contributed by atoms with Crippen molar-refractivity contribution in [3.8, 4) is 5.69 Å². The van der Waals surface area contributed by atoms with Gasteiger partial charge in [0.15, 0.2) is 0 Å². The number of nitrogens with one attached hydrogen (secondary N) is 1. The molecule has 1 atom stereocenters. The van der Waals surface area contributed by atoms with Gasteiger partial charge < -0.3 is 11.1 Å². The third kappa shape index (κ3) is 5.46. The van der Waals surface area contributed by atoms with Crippen LogP contribution in [0, 0.1) is 5.82 Å². The molecule has 0 aliphatic heterocycles. The SMILES string of the molecule is CC(N)CC(=O)NCCc1ccn(-c2ccc(F)cc2)n1.Cl. The van der Waals surface area contributed by atoms with Crippen molar-refractivity contribution in [3.63, 3.8) is 0 Å². The Labute approximate surface area is 135 Å². The third-order valence-electron chi connectivity index (χ3n) is 2.95. The van der Waals surface area contributed by atoms with Gasteiger partial charge in [-0.05, 0) is 37.3 Å². The van der Waals surface area contributed by atoms with Crippen molar-refractivity contribution in [2.45, 2.75) is 25.8 Å². The van der Waals surface area contributed by atoms with Crippen LogP contribution in [0.25, 0.3) is 5.69 Å². The molecule has 1 aromatic heterocycles. The van der Waals surface area contributed by atoms with Gasteiger partial charge >= 0.3 is 0 Å². The Morgan fingerprint density at radius 2 is 2.05 bits per heavy atom. The molecule has 1 aromatic carbocycles. The van der Waals surface area contributed by atoms with Gasteiger partial charge in [-0.25, -0.2) is 9.07 Å². The zero-order valence-electron chi connectivity index (χ0n) is 12.3. The smallest absolute Gasteiger partial charge is 0.221 e. The second-order valence-electron chi connectivity index (χ2n) is 5.01. The van der Waals surface area contributed by atoms with E-state index in [2.05, 4.69) is 10.4 Å². The Kier molecular flexibility index (Phi) is 7.01. The van der Waals surface area contributed by atoms with Crippen molar-refractivity contribution < 1.29 is 9.18 Å². The molecule has 0 aliphatic carbocycles. The lowest BCUT2D eigenvalue weighted by Crippen LogP contribution is -2.31. The second kappa shape index (κ2) is 8.51. The minimum Gasteiger partial charge on any atom is -0.356 e. The van der Waals surface area contributed by atoms with Crippen molar-refractivity contribution in [3.05, 3.63) is 48.0 Å². The molecule has 0 bridgehead atoms. The first kappa shape index (κ1) is 18.1. The van der Waals surface area contributed by atoms with E-state index in [4.69, 9.17) is 5.73 Å². The lowest BCUT2D eigenvalue weighted by molar-refractivity contribution is -0.121. The maximum Gasteiger partial charge on any atom is 0.221 e. The lowest BCUT2D eigenvalue weighted by Gasteiger charge is -2.06. The van der Waals surface area contributed by atoms with Gasteiger partial charge in [-0.2, -0.15) is 5.10 Å². The molecule has 22 heavy (non-hydrogen) atoms. The molecular weight excluding hydrogens is 307 g/mol. The molecule has 0 radical (unpaired) electrons. The van der Waals surface area contributed by atoms with Crippen LogP contribution < -0.4 is 11.1 Å². The molecule has 0 saturated heterocycles. The van der Waals surface area contributed by atoms with E-state index in [0.717, 1.165) is 11.4 Å². The molecule has 1 unspecified atom stereocenters. The number of nitrogens with two attached hydrogens (primary N) is 1. The highest BCUT2D eigenvalue weighted by Gasteiger charge is 2.05. The maximum atomic E-state index is 12.9. The van der Waals surface area contributed by atoms with Gasteiger partial charge in [-0.1, -0.05) is 0 Å². The van der Waals surface area contributed by atoms with E-state index in [-0.39, 0.29) is 30.2 Å². The summed E-state index contributed by atoms with van der Waals surface area (Å²) in [5.74, 6) is -0.328. The Morgan fingerprint density at radius 1 is 1.36 bits per heavy atom. The van der Waals surface area contributed by atoms with Crippen LogP contribution in [0.2, 0.25) is 0 Å². The van der Waals surface area contributed by atoms with Crippen LogP contribution in [0.3, 0.4) is 0 Å². The van der Waals surface area contributed by atoms with Crippen molar-refractivity contribution in [2.24, 2.45) is 5.73 Å². The van der Waals surface area contributed by atoms with Crippen LogP contribution in [0.4, 0.5) is 4.39 Å². The molecule has 0 aliphatic rings. The highest BCUT2D eigenvalue weighted by Crippen LogP contribution is 2.09. The highest BCUT2D eigenvalue weighted by molar-refractivity contribution is 5.85. The highest BCUT2D eigenvalue weighted by atomic mass is 35.5. The fraction of sp³-hybridized carbons (Fsp3) is 0.333. The second-order valence-corrected chi connectivity index (χ2v) is 5.01. The molecule has 0 fully saturated rings. The van der Waals surface area contributed by atoms with E-state index in [1.165, 1.54) is 12.1 Å². The number of hydrogen-bond acceptors (Lipinski definition) is 3. The summed E-state index contributed by atoms with van der Waals surface area (Å²) in [5.41, 5.74) is 7.21. The van der Waals surface area contributed by atoms with Crippen LogP contribution in [0.1, 0.15) is 19.0 Å². The fourth-order valence-corrected chi connectivity index (χ4v) is 1.93. The van der Waals surface area contributed by atoms with Crippen LogP contribution >= 0.6 is 12.4 Å². The van der Waals surface area contributed by atoms with Crippen molar-refractivity contribution >= 4 is 18.3 Å². The monoisotopic (exact) mass is 326 g/mol. The topological polar surface area (TPSA) is 72.9 Å². The minimum atomic E-state index is -0.275. The summed E-state index contributed by atoms with van der Waals surface area (Å²) in [6.45, 7) is 2.32. The summed E-state index contributed by atoms with van der Waals surface area (Å²) >= 11 is 0. The summed E-state index contributed by atoms with van der Waals surface area (Å²) < 4.78 is 14.5. The minimum absolute atomic E-state index is 0. The standard InChI is InChI=1S/C15H19FN4O.ClH/c1-11(17)10-15(21)18-8-6-13-7-9-20(19-13)14-4-2-12(16)3-5-14;/h2-5,7,9,11H,6,8,10,17H2,1H3,(H,18,21);1H. The summed E-state index contributed by atoms with van der Waals surface area (Å²) in [7, 11) is 0. The quantitative estimate of drug-likeness (QED) is 0.850. The third-order valence-corrected chi connectivity index (χ3v) is 2.95. The zero-order chi connectivity index (χ0) is 15.2. The van der Waals surface area contributed by atoms with Gasteiger partial charge in [-0.15, -0.1) is 12.4 Å². The number of amides is 1. The van der Waals surface area contributed by atoms with E-state index in [0.29, 0.717) is 19.4 Å². The molecule has 0 spiro atoms. The van der Waals surface area contributed by atoms with Crippen molar-refractivity contribution in [1.82, 2.24) is 15.1 Å². The number of aromatic nitrogens is 2. The molecule has 0 saturated carbocycles. The number of benzene rings is 1. The fourth-order valence-electron chi connectivity index (χ4n) is 1.93. The first-order chi connectivity index (χ1) is 10.0. The average molecular weight is 327 g/mol. The molecule has 2 rings (SSSR count). The number of halogens is 2. The largest absolute Gasteiger partial charge is 0.356 e. The van der Waals surface area contributed by atoms with Crippen LogP contribution in [0.15, 0.2) is 36.5 Å². The number of carbonyl (C=O) groups excluding carboxylic acids is 1. The van der Waals surface area contributed by atoms with Gasteiger partial charge in [-0.3, -0.25) is 4.79 Å². The number of nitrogens with zero attached hydrogens (tertiary/aromatic N) is 2. The zero-order valence-corrected chi connectivity index (χ0v) is 13.1. The van der Waals surface area contributed by atoms with Gasteiger partial charge in [0.25, 0.3) is 0 Å². The average Bonchev–Trinajstić information content (AvgIpc) is 2.87. The lowest BCUT2D eigenvalue weighted by atomic mass is 10.2. The molecule has 1 amide bonds.